The second-order valence-corrected chi connectivity index (χ2v) is 6.87. The van der Waals surface area contributed by atoms with E-state index in [-0.39, 0.29) is 0 Å². The average Bonchev–Trinajstić information content (AvgIpc) is 2.28. The molecule has 18 heavy (non-hydrogen) atoms. The van der Waals surface area contributed by atoms with Crippen molar-refractivity contribution in [2.24, 2.45) is 29.6 Å². The van der Waals surface area contributed by atoms with Crippen molar-refractivity contribution in [1.82, 2.24) is 0 Å². The van der Waals surface area contributed by atoms with Crippen LogP contribution in [0.3, 0.4) is 0 Å². The molecule has 1 fully saturated rings. The largest absolute Gasteiger partial charge is 0.0999 e. The van der Waals surface area contributed by atoms with Crippen molar-refractivity contribution >= 4 is 0 Å². The Morgan fingerprint density at radius 3 is 2.33 bits per heavy atom. The maximum atomic E-state index is 4.26. The van der Waals surface area contributed by atoms with E-state index < -0.39 is 0 Å². The third-order valence-electron chi connectivity index (χ3n) is 5.26. The Morgan fingerprint density at radius 2 is 1.89 bits per heavy atom. The molecule has 0 spiro atoms. The summed E-state index contributed by atoms with van der Waals surface area (Å²) < 4.78 is 0. The van der Waals surface area contributed by atoms with E-state index in [1.807, 2.05) is 0 Å². The lowest BCUT2D eigenvalue weighted by Crippen LogP contribution is -2.32. The lowest BCUT2D eigenvalue weighted by molar-refractivity contribution is 0.104. The predicted octanol–water partition coefficient (Wildman–Crippen LogP) is 6.08. The molecule has 1 saturated carbocycles. The fourth-order valence-corrected chi connectivity index (χ4v) is 4.39. The first kappa shape index (κ1) is 15.8. The topological polar surface area (TPSA) is 0 Å². The summed E-state index contributed by atoms with van der Waals surface area (Å²) in [5, 5.41) is 0. The van der Waals surface area contributed by atoms with Crippen molar-refractivity contribution in [3.05, 3.63) is 12.2 Å². The summed E-state index contributed by atoms with van der Waals surface area (Å²) >= 11 is 0. The van der Waals surface area contributed by atoms with Crippen molar-refractivity contribution in [3.8, 4) is 0 Å². The van der Waals surface area contributed by atoms with Crippen LogP contribution in [-0.2, 0) is 0 Å². The Morgan fingerprint density at radius 1 is 1.22 bits per heavy atom. The van der Waals surface area contributed by atoms with Gasteiger partial charge in [0.05, 0.1) is 0 Å². The van der Waals surface area contributed by atoms with Gasteiger partial charge in [0.25, 0.3) is 0 Å². The minimum Gasteiger partial charge on any atom is -0.0999 e. The van der Waals surface area contributed by atoms with Crippen LogP contribution in [0.25, 0.3) is 0 Å². The molecule has 0 amide bonds. The van der Waals surface area contributed by atoms with Gasteiger partial charge in [0.15, 0.2) is 0 Å². The van der Waals surface area contributed by atoms with E-state index in [0.717, 1.165) is 29.6 Å². The molecule has 0 saturated heterocycles. The minimum absolute atomic E-state index is 0.755. The standard InChI is InChI=1S/C18H34/c1-7-9-18(16(8-2)13(3)4)17-11-10-14(5)12-15(17)6/h14-18H,3,7-12H2,1-2,4-6H3. The molecular weight excluding hydrogens is 216 g/mol. The van der Waals surface area contributed by atoms with Gasteiger partial charge in [0, 0.05) is 0 Å². The van der Waals surface area contributed by atoms with Crippen molar-refractivity contribution < 1.29 is 0 Å². The zero-order chi connectivity index (χ0) is 13.7. The van der Waals surface area contributed by atoms with Gasteiger partial charge in [0.1, 0.15) is 0 Å². The Kier molecular flexibility index (Phi) is 6.46. The fraction of sp³-hybridized carbons (Fsp3) is 0.889. The normalized spacial score (nSPS) is 31.9. The van der Waals surface area contributed by atoms with E-state index in [2.05, 4.69) is 41.2 Å². The van der Waals surface area contributed by atoms with Crippen LogP contribution in [0.2, 0.25) is 0 Å². The Bertz CT molecular complexity index is 253. The quantitative estimate of drug-likeness (QED) is 0.501. The van der Waals surface area contributed by atoms with Crippen LogP contribution in [0.1, 0.15) is 73.1 Å². The maximum absolute atomic E-state index is 4.26. The molecule has 0 heterocycles. The highest BCUT2D eigenvalue weighted by atomic mass is 14.4. The summed E-state index contributed by atoms with van der Waals surface area (Å²) in [7, 11) is 0. The number of rotatable bonds is 6. The second-order valence-electron chi connectivity index (χ2n) is 6.87. The molecule has 0 radical (unpaired) electrons. The maximum Gasteiger partial charge on any atom is -0.0180 e. The smallest absolute Gasteiger partial charge is 0.0180 e. The van der Waals surface area contributed by atoms with Gasteiger partial charge in [-0.1, -0.05) is 52.7 Å². The Balaban J connectivity index is 2.79. The van der Waals surface area contributed by atoms with Gasteiger partial charge >= 0.3 is 0 Å². The molecule has 5 atom stereocenters. The lowest BCUT2D eigenvalue weighted by Gasteiger charge is -2.41. The molecule has 5 unspecified atom stereocenters. The fourth-order valence-electron chi connectivity index (χ4n) is 4.39. The number of hydrogen-bond acceptors (Lipinski definition) is 0. The Labute approximate surface area is 115 Å². The first-order valence-corrected chi connectivity index (χ1v) is 8.16. The second kappa shape index (κ2) is 7.36. The molecular formula is C18H34. The van der Waals surface area contributed by atoms with E-state index in [1.54, 1.807) is 0 Å². The molecule has 1 aliphatic carbocycles. The summed E-state index contributed by atoms with van der Waals surface area (Å²) in [4.78, 5) is 0. The average molecular weight is 250 g/mol. The first-order chi connectivity index (χ1) is 8.51. The summed E-state index contributed by atoms with van der Waals surface area (Å²) in [6, 6.07) is 0. The molecule has 0 aromatic heterocycles. The van der Waals surface area contributed by atoms with Crippen LogP contribution in [0, 0.1) is 29.6 Å². The molecule has 1 rings (SSSR count). The summed E-state index contributed by atoms with van der Waals surface area (Å²) in [5.41, 5.74) is 1.42. The summed E-state index contributed by atoms with van der Waals surface area (Å²) in [6.07, 6.45) is 8.34. The molecule has 0 aliphatic heterocycles. The highest BCUT2D eigenvalue weighted by Crippen LogP contribution is 2.44. The van der Waals surface area contributed by atoms with Crippen LogP contribution in [0.4, 0.5) is 0 Å². The van der Waals surface area contributed by atoms with Gasteiger partial charge in [0.2, 0.25) is 0 Å². The van der Waals surface area contributed by atoms with Crippen LogP contribution < -0.4 is 0 Å². The Hall–Kier alpha value is -0.260. The molecule has 0 nitrogen and oxygen atoms in total. The number of hydrogen-bond donors (Lipinski definition) is 0. The SMILES string of the molecule is C=C(C)C(CC)C(CCC)C1CCC(C)CC1C. The van der Waals surface area contributed by atoms with E-state index in [1.165, 1.54) is 44.1 Å². The van der Waals surface area contributed by atoms with Gasteiger partial charge in [-0.2, -0.15) is 0 Å². The van der Waals surface area contributed by atoms with Gasteiger partial charge in [-0.05, 0) is 62.2 Å². The molecule has 0 bridgehead atoms. The van der Waals surface area contributed by atoms with Gasteiger partial charge < -0.3 is 0 Å². The zero-order valence-electron chi connectivity index (χ0n) is 13.3. The predicted molar refractivity (Wildman–Crippen MR) is 82.7 cm³/mol. The molecule has 1 aliphatic rings. The highest BCUT2D eigenvalue weighted by Gasteiger charge is 2.34. The third-order valence-corrected chi connectivity index (χ3v) is 5.26. The van der Waals surface area contributed by atoms with Crippen molar-refractivity contribution in [1.29, 1.82) is 0 Å². The first-order valence-electron chi connectivity index (χ1n) is 8.16. The van der Waals surface area contributed by atoms with E-state index in [4.69, 9.17) is 0 Å². The molecule has 0 heteroatoms. The molecule has 0 aromatic carbocycles. The third kappa shape index (κ3) is 3.87. The summed E-state index contributed by atoms with van der Waals surface area (Å²) in [5.74, 6) is 4.45. The van der Waals surface area contributed by atoms with Gasteiger partial charge in [-0.3, -0.25) is 0 Å². The van der Waals surface area contributed by atoms with Gasteiger partial charge in [-0.15, -0.1) is 0 Å². The zero-order valence-corrected chi connectivity index (χ0v) is 13.3. The van der Waals surface area contributed by atoms with Crippen LogP contribution in [-0.4, -0.2) is 0 Å². The molecule has 0 N–H and O–H groups in total. The summed E-state index contributed by atoms with van der Waals surface area (Å²) in [6.45, 7) is 16.1. The molecule has 0 aromatic rings. The van der Waals surface area contributed by atoms with Crippen LogP contribution >= 0.6 is 0 Å². The minimum atomic E-state index is 0.755. The monoisotopic (exact) mass is 250 g/mol. The lowest BCUT2D eigenvalue weighted by atomic mass is 9.64. The van der Waals surface area contributed by atoms with E-state index in [9.17, 15) is 0 Å². The highest BCUT2D eigenvalue weighted by molar-refractivity contribution is 5.01. The van der Waals surface area contributed by atoms with E-state index >= 15 is 0 Å². The van der Waals surface area contributed by atoms with Crippen LogP contribution in [0.15, 0.2) is 12.2 Å². The van der Waals surface area contributed by atoms with Crippen LogP contribution in [0.5, 0.6) is 0 Å². The number of allylic oxidation sites excluding steroid dienone is 1. The van der Waals surface area contributed by atoms with Crippen molar-refractivity contribution in [2.75, 3.05) is 0 Å². The van der Waals surface area contributed by atoms with E-state index in [0.29, 0.717) is 0 Å². The van der Waals surface area contributed by atoms with Gasteiger partial charge in [-0.25, -0.2) is 0 Å². The van der Waals surface area contributed by atoms with Crippen molar-refractivity contribution in [2.45, 2.75) is 73.1 Å². The van der Waals surface area contributed by atoms with Crippen molar-refractivity contribution in [3.63, 3.8) is 0 Å². The molecule has 106 valence electrons.